The van der Waals surface area contributed by atoms with Gasteiger partial charge in [0.2, 0.25) is 0 Å². The first-order chi connectivity index (χ1) is 12.0. The second-order valence-corrected chi connectivity index (χ2v) is 6.59. The van der Waals surface area contributed by atoms with Crippen LogP contribution < -0.4 is 5.32 Å². The predicted molar refractivity (Wildman–Crippen MR) is 98.8 cm³/mol. The lowest BCUT2D eigenvalue weighted by Crippen LogP contribution is -2.30. The van der Waals surface area contributed by atoms with E-state index < -0.39 is 6.04 Å². The molecule has 1 aromatic heterocycles. The number of nitrogens with zero attached hydrogens (tertiary/aromatic N) is 1. The van der Waals surface area contributed by atoms with Crippen molar-refractivity contribution in [1.29, 1.82) is 0 Å². The van der Waals surface area contributed by atoms with E-state index in [0.717, 1.165) is 11.3 Å². The summed E-state index contributed by atoms with van der Waals surface area (Å²) >= 11 is 3.26. The van der Waals surface area contributed by atoms with E-state index in [4.69, 9.17) is 0 Å². The van der Waals surface area contributed by atoms with Gasteiger partial charge in [0.1, 0.15) is 5.82 Å². The van der Waals surface area contributed by atoms with Crippen LogP contribution in [0.25, 0.3) is 0 Å². The fourth-order valence-corrected chi connectivity index (χ4v) is 2.87. The lowest BCUT2D eigenvalue weighted by atomic mass is 9.98. The standard InChI is InChI=1S/C20H16BrFN2O/c1-13-7-8-15(12-23-13)20(25)24-19(14-5-3-2-4-6-14)17-10-9-16(21)11-18(17)22/h2-12,19H,1H3,(H,24,25)/t19-/m1/s1. The topological polar surface area (TPSA) is 42.0 Å². The van der Waals surface area contributed by atoms with Crippen molar-refractivity contribution in [1.82, 2.24) is 10.3 Å². The lowest BCUT2D eigenvalue weighted by Gasteiger charge is -2.20. The molecule has 0 bridgehead atoms. The van der Waals surface area contributed by atoms with E-state index >= 15 is 0 Å². The highest BCUT2D eigenvalue weighted by Crippen LogP contribution is 2.27. The Kier molecular flexibility index (Phi) is 5.24. The minimum Gasteiger partial charge on any atom is -0.341 e. The molecule has 0 fully saturated rings. The highest BCUT2D eigenvalue weighted by Gasteiger charge is 2.21. The quantitative estimate of drug-likeness (QED) is 0.684. The van der Waals surface area contributed by atoms with Crippen molar-refractivity contribution < 1.29 is 9.18 Å². The van der Waals surface area contributed by atoms with Crippen LogP contribution in [0, 0.1) is 12.7 Å². The van der Waals surface area contributed by atoms with Gasteiger partial charge in [-0.15, -0.1) is 0 Å². The number of carbonyl (C=O) groups excluding carboxylic acids is 1. The maximum atomic E-state index is 14.5. The number of aromatic nitrogens is 1. The molecule has 0 spiro atoms. The van der Waals surface area contributed by atoms with E-state index in [9.17, 15) is 9.18 Å². The van der Waals surface area contributed by atoms with Crippen LogP contribution >= 0.6 is 15.9 Å². The summed E-state index contributed by atoms with van der Waals surface area (Å²) in [4.78, 5) is 16.7. The molecule has 1 atom stereocenters. The Morgan fingerprint density at radius 2 is 1.88 bits per heavy atom. The van der Waals surface area contributed by atoms with Gasteiger partial charge in [0.25, 0.3) is 5.91 Å². The minimum atomic E-state index is -0.594. The summed E-state index contributed by atoms with van der Waals surface area (Å²) < 4.78 is 15.1. The largest absolute Gasteiger partial charge is 0.341 e. The molecule has 0 saturated carbocycles. The zero-order valence-electron chi connectivity index (χ0n) is 13.5. The molecule has 0 aliphatic rings. The van der Waals surface area contributed by atoms with Crippen LogP contribution in [0.5, 0.6) is 0 Å². The average Bonchev–Trinajstić information content (AvgIpc) is 2.61. The molecule has 5 heteroatoms. The van der Waals surface area contributed by atoms with Crippen molar-refractivity contribution in [3.05, 3.63) is 99.5 Å². The number of halogens is 2. The van der Waals surface area contributed by atoms with Gasteiger partial charge in [-0.1, -0.05) is 52.3 Å². The first-order valence-electron chi connectivity index (χ1n) is 7.78. The monoisotopic (exact) mass is 398 g/mol. The Morgan fingerprint density at radius 1 is 1.12 bits per heavy atom. The van der Waals surface area contributed by atoms with E-state index in [1.165, 1.54) is 12.3 Å². The molecule has 126 valence electrons. The molecule has 3 aromatic rings. The molecule has 1 heterocycles. The smallest absolute Gasteiger partial charge is 0.253 e. The lowest BCUT2D eigenvalue weighted by molar-refractivity contribution is 0.0942. The highest BCUT2D eigenvalue weighted by atomic mass is 79.9. The summed E-state index contributed by atoms with van der Waals surface area (Å²) in [5, 5.41) is 2.91. The number of hydrogen-bond acceptors (Lipinski definition) is 2. The van der Waals surface area contributed by atoms with Crippen LogP contribution in [0.3, 0.4) is 0 Å². The summed E-state index contributed by atoms with van der Waals surface area (Å²) in [6.07, 6.45) is 1.52. The number of hydrogen-bond donors (Lipinski definition) is 1. The number of aryl methyl sites for hydroxylation is 1. The molecule has 25 heavy (non-hydrogen) atoms. The van der Waals surface area contributed by atoms with Crippen LogP contribution in [0.2, 0.25) is 0 Å². The SMILES string of the molecule is Cc1ccc(C(=O)N[C@H](c2ccccc2)c2ccc(Br)cc2F)cn1. The van der Waals surface area contributed by atoms with Gasteiger partial charge in [-0.2, -0.15) is 0 Å². The van der Waals surface area contributed by atoms with Crippen molar-refractivity contribution in [2.24, 2.45) is 0 Å². The van der Waals surface area contributed by atoms with Crippen molar-refractivity contribution in [2.75, 3.05) is 0 Å². The van der Waals surface area contributed by atoms with Crippen LogP contribution in [0.4, 0.5) is 4.39 Å². The Labute approximate surface area is 154 Å². The predicted octanol–water partition coefficient (Wildman–Crippen LogP) is 4.81. The Morgan fingerprint density at radius 3 is 2.52 bits per heavy atom. The van der Waals surface area contributed by atoms with E-state index in [1.807, 2.05) is 37.3 Å². The molecule has 0 unspecified atom stereocenters. The summed E-state index contributed by atoms with van der Waals surface area (Å²) in [5.74, 6) is -0.686. The summed E-state index contributed by atoms with van der Waals surface area (Å²) in [7, 11) is 0. The first kappa shape index (κ1) is 17.3. The van der Waals surface area contributed by atoms with Crippen molar-refractivity contribution in [3.63, 3.8) is 0 Å². The van der Waals surface area contributed by atoms with Crippen LogP contribution in [-0.2, 0) is 0 Å². The van der Waals surface area contributed by atoms with Gasteiger partial charge < -0.3 is 5.32 Å². The zero-order valence-corrected chi connectivity index (χ0v) is 15.1. The van der Waals surface area contributed by atoms with Crippen molar-refractivity contribution >= 4 is 21.8 Å². The van der Waals surface area contributed by atoms with Crippen LogP contribution in [0.15, 0.2) is 71.3 Å². The average molecular weight is 399 g/mol. The van der Waals surface area contributed by atoms with Gasteiger partial charge in [-0.3, -0.25) is 9.78 Å². The zero-order chi connectivity index (χ0) is 17.8. The summed E-state index contributed by atoms with van der Waals surface area (Å²) in [6, 6.07) is 17.0. The van der Waals surface area contributed by atoms with E-state index in [-0.39, 0.29) is 11.7 Å². The van der Waals surface area contributed by atoms with Crippen molar-refractivity contribution in [2.45, 2.75) is 13.0 Å². The van der Waals surface area contributed by atoms with E-state index in [2.05, 4.69) is 26.2 Å². The molecule has 0 radical (unpaired) electrons. The minimum absolute atomic E-state index is 0.302. The first-order valence-corrected chi connectivity index (χ1v) is 8.57. The molecule has 3 rings (SSSR count). The van der Waals surface area contributed by atoms with Gasteiger partial charge in [0.05, 0.1) is 11.6 Å². The Bertz CT molecular complexity index is 882. The number of pyridine rings is 1. The third kappa shape index (κ3) is 4.12. The third-order valence-corrected chi connectivity index (χ3v) is 4.35. The number of benzene rings is 2. The molecule has 1 N–H and O–H groups in total. The molecule has 0 saturated heterocycles. The third-order valence-electron chi connectivity index (χ3n) is 3.86. The van der Waals surface area contributed by atoms with Gasteiger partial charge in [0, 0.05) is 21.9 Å². The Balaban J connectivity index is 1.97. The summed E-state index contributed by atoms with van der Waals surface area (Å²) in [6.45, 7) is 1.85. The number of nitrogens with one attached hydrogen (secondary N) is 1. The van der Waals surface area contributed by atoms with Gasteiger partial charge >= 0.3 is 0 Å². The second kappa shape index (κ2) is 7.57. The van der Waals surface area contributed by atoms with Crippen molar-refractivity contribution in [3.8, 4) is 0 Å². The number of rotatable bonds is 4. The van der Waals surface area contributed by atoms with Gasteiger partial charge in [-0.25, -0.2) is 4.39 Å². The Hall–Kier alpha value is -2.53. The fraction of sp³-hybridized carbons (Fsp3) is 0.100. The molecular formula is C20H16BrFN2O. The highest BCUT2D eigenvalue weighted by molar-refractivity contribution is 9.10. The molecular weight excluding hydrogens is 383 g/mol. The maximum absolute atomic E-state index is 14.5. The number of amides is 1. The van der Waals surface area contributed by atoms with E-state index in [0.29, 0.717) is 15.6 Å². The van der Waals surface area contributed by atoms with Gasteiger partial charge in [0.15, 0.2) is 0 Å². The maximum Gasteiger partial charge on any atom is 0.253 e. The molecule has 2 aromatic carbocycles. The van der Waals surface area contributed by atoms with Gasteiger partial charge in [-0.05, 0) is 36.8 Å². The molecule has 1 amide bonds. The fourth-order valence-electron chi connectivity index (χ4n) is 2.54. The summed E-state index contributed by atoms with van der Waals surface area (Å²) in [5.41, 5.74) is 2.47. The van der Waals surface area contributed by atoms with Crippen LogP contribution in [0.1, 0.15) is 33.2 Å². The normalized spacial score (nSPS) is 11.8. The number of carbonyl (C=O) groups is 1. The van der Waals surface area contributed by atoms with E-state index in [1.54, 1.807) is 24.3 Å². The second-order valence-electron chi connectivity index (χ2n) is 5.67. The van der Waals surface area contributed by atoms with Crippen LogP contribution in [-0.4, -0.2) is 10.9 Å². The molecule has 0 aliphatic carbocycles. The molecule has 3 nitrogen and oxygen atoms in total. The molecule has 0 aliphatic heterocycles.